The average Bonchev–Trinajstić information content (AvgIpc) is 2.83. The number of anilines is 2. The van der Waals surface area contributed by atoms with E-state index in [1.165, 1.54) is 16.7 Å². The third-order valence-electron chi connectivity index (χ3n) is 6.09. The molecule has 3 aromatic heterocycles. The number of rotatable bonds is 6. The zero-order chi connectivity index (χ0) is 23.7. The Labute approximate surface area is 198 Å². The number of fused-ring (bicyclic) bond motifs is 2. The number of aryl methyl sites for hydroxylation is 3. The summed E-state index contributed by atoms with van der Waals surface area (Å²) in [4.78, 5) is 8.73. The molecule has 0 spiro atoms. The van der Waals surface area contributed by atoms with Crippen molar-refractivity contribution in [2.24, 2.45) is 0 Å². The van der Waals surface area contributed by atoms with Crippen LogP contribution >= 0.6 is 0 Å². The molecule has 0 amide bonds. The van der Waals surface area contributed by atoms with Crippen LogP contribution in [0.4, 0.5) is 11.6 Å². The molecule has 0 bridgehead atoms. The van der Waals surface area contributed by atoms with Gasteiger partial charge in [0.25, 0.3) is 0 Å². The van der Waals surface area contributed by atoms with Crippen molar-refractivity contribution in [3.63, 3.8) is 0 Å². The van der Waals surface area contributed by atoms with E-state index in [9.17, 15) is 0 Å². The highest BCUT2D eigenvalue weighted by molar-refractivity contribution is 5.94. The van der Waals surface area contributed by atoms with E-state index in [0.717, 1.165) is 32.8 Å². The lowest BCUT2D eigenvalue weighted by Gasteiger charge is -2.15. The average molecular weight is 451 g/mol. The van der Waals surface area contributed by atoms with Gasteiger partial charge in [0.1, 0.15) is 18.2 Å². The molecular weight excluding hydrogens is 424 g/mol. The molecule has 3 heterocycles. The molecule has 3 N–H and O–H groups in total. The lowest BCUT2D eigenvalue weighted by molar-refractivity contribution is 0.304. The smallest absolute Gasteiger partial charge is 0.152 e. The molecule has 0 unspecified atom stereocenters. The first-order chi connectivity index (χ1) is 16.5. The van der Waals surface area contributed by atoms with Crippen LogP contribution in [-0.2, 0) is 13.2 Å². The van der Waals surface area contributed by atoms with Crippen LogP contribution in [0, 0.1) is 20.8 Å². The zero-order valence-corrected chi connectivity index (χ0v) is 19.5. The minimum atomic E-state index is 0.403. The Bertz CT molecular complexity index is 1510. The summed E-state index contributed by atoms with van der Waals surface area (Å²) in [5.41, 5.74) is 12.8. The van der Waals surface area contributed by atoms with E-state index in [-0.39, 0.29) is 0 Å². The van der Waals surface area contributed by atoms with Crippen LogP contribution in [0.3, 0.4) is 0 Å². The van der Waals surface area contributed by atoms with Gasteiger partial charge in [-0.25, -0.2) is 4.98 Å². The SMILES string of the molecule is Cc1ccc2ncc(COc3cnnc(NCc4c(C)cc5c(N)nccc5c4C)c3)cc2c1. The third kappa shape index (κ3) is 4.32. The summed E-state index contributed by atoms with van der Waals surface area (Å²) in [5.74, 6) is 1.85. The molecule has 7 heteroatoms. The number of nitrogen functional groups attached to an aromatic ring is 1. The molecule has 170 valence electrons. The van der Waals surface area contributed by atoms with E-state index in [0.29, 0.717) is 30.5 Å². The molecule has 0 atom stereocenters. The van der Waals surface area contributed by atoms with E-state index in [4.69, 9.17) is 10.5 Å². The number of ether oxygens (including phenoxy) is 1. The lowest BCUT2D eigenvalue weighted by Crippen LogP contribution is -2.07. The van der Waals surface area contributed by atoms with Crippen LogP contribution in [0.5, 0.6) is 5.75 Å². The van der Waals surface area contributed by atoms with Crippen molar-refractivity contribution in [3.8, 4) is 5.75 Å². The van der Waals surface area contributed by atoms with Crippen molar-refractivity contribution in [1.29, 1.82) is 0 Å². The van der Waals surface area contributed by atoms with Crippen molar-refractivity contribution in [1.82, 2.24) is 20.2 Å². The predicted octanol–water partition coefficient (Wildman–Crippen LogP) is 5.27. The van der Waals surface area contributed by atoms with E-state index in [1.54, 1.807) is 12.4 Å². The molecule has 5 aromatic rings. The maximum atomic E-state index is 6.07. The number of pyridine rings is 2. The Hall–Kier alpha value is -4.26. The molecule has 0 radical (unpaired) electrons. The second-order valence-electron chi connectivity index (χ2n) is 8.55. The maximum absolute atomic E-state index is 6.07. The second-order valence-corrected chi connectivity index (χ2v) is 8.55. The van der Waals surface area contributed by atoms with Gasteiger partial charge in [-0.05, 0) is 73.2 Å². The van der Waals surface area contributed by atoms with Gasteiger partial charge in [0, 0.05) is 41.3 Å². The van der Waals surface area contributed by atoms with E-state index in [2.05, 4.69) is 70.5 Å². The number of nitrogens with zero attached hydrogens (tertiary/aromatic N) is 4. The molecule has 0 aliphatic rings. The fraction of sp³-hybridized carbons (Fsp3) is 0.185. The van der Waals surface area contributed by atoms with Crippen LogP contribution in [0.15, 0.2) is 61.1 Å². The summed E-state index contributed by atoms with van der Waals surface area (Å²) in [6.45, 7) is 7.28. The zero-order valence-electron chi connectivity index (χ0n) is 19.5. The number of nitrogens with one attached hydrogen (secondary N) is 1. The molecule has 0 saturated heterocycles. The van der Waals surface area contributed by atoms with Gasteiger partial charge < -0.3 is 15.8 Å². The Balaban J connectivity index is 1.29. The first kappa shape index (κ1) is 21.6. The van der Waals surface area contributed by atoms with Crippen molar-refractivity contribution < 1.29 is 4.74 Å². The molecule has 0 saturated carbocycles. The highest BCUT2D eigenvalue weighted by atomic mass is 16.5. The normalized spacial score (nSPS) is 11.1. The number of nitrogens with two attached hydrogens (primary N) is 1. The molecular formula is C27H26N6O. The summed E-state index contributed by atoms with van der Waals surface area (Å²) in [6.07, 6.45) is 5.21. The van der Waals surface area contributed by atoms with Gasteiger partial charge in [-0.1, -0.05) is 11.6 Å². The standard InChI is InChI=1S/C27H26N6O/c1-16-4-5-25-20(8-16)10-19(12-30-25)15-34-21-11-26(33-32-13-21)31-14-24-17(2)9-23-22(18(24)3)6-7-29-27(23)28/h4-13H,14-15H2,1-3H3,(H2,28,29)(H,31,33). The first-order valence-corrected chi connectivity index (χ1v) is 11.2. The Morgan fingerprint density at radius 1 is 0.941 bits per heavy atom. The topological polar surface area (TPSA) is 98.8 Å². The Morgan fingerprint density at radius 3 is 2.71 bits per heavy atom. The van der Waals surface area contributed by atoms with Crippen LogP contribution in [0.25, 0.3) is 21.7 Å². The summed E-state index contributed by atoms with van der Waals surface area (Å²) < 4.78 is 5.98. The summed E-state index contributed by atoms with van der Waals surface area (Å²) in [5, 5.41) is 14.9. The first-order valence-electron chi connectivity index (χ1n) is 11.2. The Morgan fingerprint density at radius 2 is 1.82 bits per heavy atom. The number of hydrogen-bond donors (Lipinski definition) is 2. The minimum Gasteiger partial charge on any atom is -0.487 e. The van der Waals surface area contributed by atoms with Gasteiger partial charge in [0.05, 0.1) is 11.7 Å². The highest BCUT2D eigenvalue weighted by Crippen LogP contribution is 2.28. The molecule has 0 aliphatic carbocycles. The summed E-state index contributed by atoms with van der Waals surface area (Å²) in [6, 6.07) is 14.3. The van der Waals surface area contributed by atoms with Gasteiger partial charge in [-0.2, -0.15) is 5.10 Å². The third-order valence-corrected chi connectivity index (χ3v) is 6.09. The largest absolute Gasteiger partial charge is 0.487 e. The van der Waals surface area contributed by atoms with Gasteiger partial charge in [-0.3, -0.25) is 4.98 Å². The Kier molecular flexibility index (Phi) is 5.67. The van der Waals surface area contributed by atoms with Crippen LogP contribution in [0.2, 0.25) is 0 Å². The number of hydrogen-bond acceptors (Lipinski definition) is 7. The lowest BCUT2D eigenvalue weighted by atomic mass is 9.96. The molecule has 0 fully saturated rings. The predicted molar refractivity (Wildman–Crippen MR) is 136 cm³/mol. The van der Waals surface area contributed by atoms with Crippen molar-refractivity contribution in [2.45, 2.75) is 33.9 Å². The fourth-order valence-corrected chi connectivity index (χ4v) is 4.24. The molecule has 0 aliphatic heterocycles. The van der Waals surface area contributed by atoms with Crippen LogP contribution in [-0.4, -0.2) is 20.2 Å². The maximum Gasteiger partial charge on any atom is 0.152 e. The molecule has 2 aromatic carbocycles. The van der Waals surface area contributed by atoms with E-state index >= 15 is 0 Å². The summed E-state index contributed by atoms with van der Waals surface area (Å²) >= 11 is 0. The minimum absolute atomic E-state index is 0.403. The van der Waals surface area contributed by atoms with E-state index in [1.807, 2.05) is 24.4 Å². The van der Waals surface area contributed by atoms with Gasteiger partial charge in [0.15, 0.2) is 5.82 Å². The number of aromatic nitrogens is 4. The number of benzene rings is 2. The van der Waals surface area contributed by atoms with Crippen molar-refractivity contribution in [2.75, 3.05) is 11.1 Å². The molecule has 34 heavy (non-hydrogen) atoms. The fourth-order valence-electron chi connectivity index (χ4n) is 4.24. The van der Waals surface area contributed by atoms with Crippen molar-refractivity contribution >= 4 is 33.3 Å². The van der Waals surface area contributed by atoms with Crippen LogP contribution in [0.1, 0.15) is 27.8 Å². The van der Waals surface area contributed by atoms with E-state index < -0.39 is 0 Å². The second kappa shape index (κ2) is 8.94. The summed E-state index contributed by atoms with van der Waals surface area (Å²) in [7, 11) is 0. The highest BCUT2D eigenvalue weighted by Gasteiger charge is 2.11. The van der Waals surface area contributed by atoms with Gasteiger partial charge in [-0.15, -0.1) is 5.10 Å². The monoisotopic (exact) mass is 450 g/mol. The van der Waals surface area contributed by atoms with Gasteiger partial charge >= 0.3 is 0 Å². The molecule has 5 rings (SSSR count). The molecule has 7 nitrogen and oxygen atoms in total. The van der Waals surface area contributed by atoms with Crippen molar-refractivity contribution in [3.05, 3.63) is 88.9 Å². The quantitative estimate of drug-likeness (QED) is 0.363. The van der Waals surface area contributed by atoms with Crippen LogP contribution < -0.4 is 15.8 Å². The van der Waals surface area contributed by atoms with Gasteiger partial charge in [0.2, 0.25) is 0 Å².